The molecule has 0 amide bonds. The van der Waals surface area contributed by atoms with Crippen LogP contribution in [0.3, 0.4) is 0 Å². The van der Waals surface area contributed by atoms with Crippen molar-refractivity contribution in [1.82, 2.24) is 10.2 Å². The molecule has 0 aromatic heterocycles. The lowest BCUT2D eigenvalue weighted by Gasteiger charge is -2.34. The SMILES string of the molecule is CCNC(CN1CCC(OCC)CC1)c1ccccc1F. The van der Waals surface area contributed by atoms with Gasteiger partial charge in [-0.1, -0.05) is 25.1 Å². The summed E-state index contributed by atoms with van der Waals surface area (Å²) in [4.78, 5) is 2.41. The quantitative estimate of drug-likeness (QED) is 0.837. The molecule has 2 rings (SSSR count). The average molecular weight is 294 g/mol. The van der Waals surface area contributed by atoms with Crippen molar-refractivity contribution >= 4 is 0 Å². The van der Waals surface area contributed by atoms with Crippen LogP contribution in [-0.2, 0) is 4.74 Å². The number of rotatable bonds is 7. The van der Waals surface area contributed by atoms with Crippen LogP contribution in [0.4, 0.5) is 4.39 Å². The minimum absolute atomic E-state index is 0.0554. The molecule has 0 bridgehead atoms. The fraction of sp³-hybridized carbons (Fsp3) is 0.647. The monoisotopic (exact) mass is 294 g/mol. The zero-order valence-corrected chi connectivity index (χ0v) is 13.1. The molecule has 21 heavy (non-hydrogen) atoms. The van der Waals surface area contributed by atoms with Crippen molar-refractivity contribution in [3.63, 3.8) is 0 Å². The third-order valence-corrected chi connectivity index (χ3v) is 4.11. The van der Waals surface area contributed by atoms with E-state index in [0.717, 1.165) is 51.2 Å². The molecule has 4 heteroatoms. The van der Waals surface area contributed by atoms with E-state index < -0.39 is 0 Å². The first-order valence-electron chi connectivity index (χ1n) is 8.06. The van der Waals surface area contributed by atoms with Crippen LogP contribution < -0.4 is 5.32 Å². The second-order valence-electron chi connectivity index (χ2n) is 5.59. The molecule has 0 spiro atoms. The molecule has 0 aliphatic carbocycles. The van der Waals surface area contributed by atoms with Gasteiger partial charge in [-0.15, -0.1) is 0 Å². The Balaban J connectivity index is 1.93. The number of piperidine rings is 1. The summed E-state index contributed by atoms with van der Waals surface area (Å²) in [5, 5.41) is 3.41. The molecule has 1 aliphatic heterocycles. The predicted molar refractivity (Wildman–Crippen MR) is 83.9 cm³/mol. The van der Waals surface area contributed by atoms with E-state index in [0.29, 0.717) is 6.10 Å². The van der Waals surface area contributed by atoms with E-state index in [2.05, 4.69) is 17.1 Å². The molecule has 0 radical (unpaired) electrons. The Morgan fingerprint density at radius 1 is 1.29 bits per heavy atom. The van der Waals surface area contributed by atoms with Gasteiger partial charge in [0.1, 0.15) is 5.82 Å². The topological polar surface area (TPSA) is 24.5 Å². The average Bonchev–Trinajstić information content (AvgIpc) is 2.50. The van der Waals surface area contributed by atoms with Crippen LogP contribution in [0.25, 0.3) is 0 Å². The lowest BCUT2D eigenvalue weighted by atomic mass is 10.0. The van der Waals surface area contributed by atoms with Crippen molar-refractivity contribution in [1.29, 1.82) is 0 Å². The number of likely N-dealkylation sites (N-methyl/N-ethyl adjacent to an activating group) is 1. The first-order chi connectivity index (χ1) is 10.2. The number of hydrogen-bond donors (Lipinski definition) is 1. The zero-order chi connectivity index (χ0) is 15.1. The molecule has 1 fully saturated rings. The summed E-state index contributed by atoms with van der Waals surface area (Å²) in [5.74, 6) is -0.118. The van der Waals surface area contributed by atoms with Gasteiger partial charge >= 0.3 is 0 Å². The van der Waals surface area contributed by atoms with Crippen molar-refractivity contribution in [2.24, 2.45) is 0 Å². The van der Waals surface area contributed by atoms with Gasteiger partial charge in [0.05, 0.1) is 6.10 Å². The number of likely N-dealkylation sites (tertiary alicyclic amines) is 1. The van der Waals surface area contributed by atoms with Crippen LogP contribution in [0.15, 0.2) is 24.3 Å². The molecule has 1 aliphatic rings. The minimum atomic E-state index is -0.118. The van der Waals surface area contributed by atoms with E-state index in [1.807, 2.05) is 19.1 Å². The summed E-state index contributed by atoms with van der Waals surface area (Å²) in [6, 6.07) is 7.13. The molecule has 1 atom stereocenters. The number of ether oxygens (including phenoxy) is 1. The lowest BCUT2D eigenvalue weighted by molar-refractivity contribution is 0.0123. The Bertz CT molecular complexity index is 419. The van der Waals surface area contributed by atoms with E-state index >= 15 is 0 Å². The van der Waals surface area contributed by atoms with E-state index in [-0.39, 0.29) is 11.9 Å². The maximum Gasteiger partial charge on any atom is 0.128 e. The number of benzene rings is 1. The highest BCUT2D eigenvalue weighted by Crippen LogP contribution is 2.21. The van der Waals surface area contributed by atoms with Crippen LogP contribution >= 0.6 is 0 Å². The molecule has 1 N–H and O–H groups in total. The Morgan fingerprint density at radius 2 is 2.00 bits per heavy atom. The van der Waals surface area contributed by atoms with Crippen LogP contribution in [0.1, 0.15) is 38.3 Å². The van der Waals surface area contributed by atoms with Gasteiger partial charge < -0.3 is 15.0 Å². The molecule has 0 saturated carbocycles. The Morgan fingerprint density at radius 3 is 2.62 bits per heavy atom. The summed E-state index contributed by atoms with van der Waals surface area (Å²) >= 11 is 0. The number of halogens is 1. The van der Waals surface area contributed by atoms with Gasteiger partial charge in [-0.2, -0.15) is 0 Å². The van der Waals surface area contributed by atoms with Crippen molar-refractivity contribution in [3.05, 3.63) is 35.6 Å². The lowest BCUT2D eigenvalue weighted by Crippen LogP contribution is -2.42. The first kappa shape index (κ1) is 16.4. The number of nitrogens with one attached hydrogen (secondary N) is 1. The second kappa shape index (κ2) is 8.47. The van der Waals surface area contributed by atoms with Crippen molar-refractivity contribution in [2.45, 2.75) is 38.8 Å². The maximum absolute atomic E-state index is 14.0. The van der Waals surface area contributed by atoms with Crippen molar-refractivity contribution in [2.75, 3.05) is 32.8 Å². The fourth-order valence-corrected chi connectivity index (χ4v) is 3.03. The summed E-state index contributed by atoms with van der Waals surface area (Å²) in [5.41, 5.74) is 0.770. The molecular weight excluding hydrogens is 267 g/mol. The van der Waals surface area contributed by atoms with Gasteiger partial charge in [-0.25, -0.2) is 4.39 Å². The molecule has 1 saturated heterocycles. The smallest absolute Gasteiger partial charge is 0.128 e. The van der Waals surface area contributed by atoms with Crippen LogP contribution in [-0.4, -0.2) is 43.8 Å². The first-order valence-corrected chi connectivity index (χ1v) is 8.06. The largest absolute Gasteiger partial charge is 0.378 e. The van der Waals surface area contributed by atoms with Gasteiger partial charge in [0.2, 0.25) is 0 Å². The zero-order valence-electron chi connectivity index (χ0n) is 13.1. The standard InChI is InChI=1S/C17H27FN2O/c1-3-19-17(15-7-5-6-8-16(15)18)13-20-11-9-14(10-12-20)21-4-2/h5-8,14,17,19H,3-4,9-13H2,1-2H3. The van der Waals surface area contributed by atoms with E-state index in [9.17, 15) is 4.39 Å². The molecule has 1 heterocycles. The third kappa shape index (κ3) is 4.77. The van der Waals surface area contributed by atoms with Crippen LogP contribution in [0, 0.1) is 5.82 Å². The number of nitrogens with zero attached hydrogens (tertiary/aromatic N) is 1. The molecule has 1 aromatic rings. The van der Waals surface area contributed by atoms with Gasteiger partial charge in [-0.3, -0.25) is 0 Å². The molecule has 3 nitrogen and oxygen atoms in total. The summed E-state index contributed by atoms with van der Waals surface area (Å²) in [6.07, 6.45) is 2.55. The Kier molecular flexibility index (Phi) is 6.61. The van der Waals surface area contributed by atoms with Gasteiger partial charge in [0.25, 0.3) is 0 Å². The van der Waals surface area contributed by atoms with Gasteiger partial charge in [0.15, 0.2) is 0 Å². The van der Waals surface area contributed by atoms with E-state index in [1.165, 1.54) is 0 Å². The second-order valence-corrected chi connectivity index (χ2v) is 5.59. The predicted octanol–water partition coefficient (Wildman–Crippen LogP) is 2.98. The van der Waals surface area contributed by atoms with Gasteiger partial charge in [-0.05, 0) is 32.4 Å². The molecular formula is C17H27FN2O. The highest BCUT2D eigenvalue weighted by atomic mass is 19.1. The normalized spacial score (nSPS) is 18.8. The summed E-state index contributed by atoms with van der Waals surface area (Å²) in [6.45, 7) is 8.66. The fourth-order valence-electron chi connectivity index (χ4n) is 3.03. The van der Waals surface area contributed by atoms with E-state index in [1.54, 1.807) is 12.1 Å². The minimum Gasteiger partial charge on any atom is -0.378 e. The summed E-state index contributed by atoms with van der Waals surface area (Å²) < 4.78 is 19.7. The van der Waals surface area contributed by atoms with Crippen LogP contribution in [0.2, 0.25) is 0 Å². The number of hydrogen-bond acceptors (Lipinski definition) is 3. The van der Waals surface area contributed by atoms with Crippen LogP contribution in [0.5, 0.6) is 0 Å². The highest BCUT2D eigenvalue weighted by Gasteiger charge is 2.23. The summed E-state index contributed by atoms with van der Waals surface area (Å²) in [7, 11) is 0. The van der Waals surface area contributed by atoms with Gasteiger partial charge in [0, 0.05) is 37.8 Å². The third-order valence-electron chi connectivity index (χ3n) is 4.11. The molecule has 1 aromatic carbocycles. The molecule has 118 valence electrons. The Hall–Kier alpha value is -0.970. The Labute approximate surface area is 127 Å². The van der Waals surface area contributed by atoms with Crippen molar-refractivity contribution < 1.29 is 9.13 Å². The van der Waals surface area contributed by atoms with Crippen molar-refractivity contribution in [3.8, 4) is 0 Å². The molecule has 1 unspecified atom stereocenters. The van der Waals surface area contributed by atoms with E-state index in [4.69, 9.17) is 4.74 Å². The maximum atomic E-state index is 14.0. The highest BCUT2D eigenvalue weighted by molar-refractivity contribution is 5.21.